The lowest BCUT2D eigenvalue weighted by Crippen LogP contribution is -2.36. The fourth-order valence-electron chi connectivity index (χ4n) is 3.57. The van der Waals surface area contributed by atoms with Crippen LogP contribution in [-0.4, -0.2) is 33.9 Å². The summed E-state index contributed by atoms with van der Waals surface area (Å²) in [6.45, 7) is 3.66. The Hall–Kier alpha value is -2.75. The zero-order valence-electron chi connectivity index (χ0n) is 14.4. The largest absolute Gasteiger partial charge is 0.337 e. The van der Waals surface area contributed by atoms with Gasteiger partial charge in [0.05, 0.1) is 0 Å². The van der Waals surface area contributed by atoms with Gasteiger partial charge in [0.25, 0.3) is 5.91 Å². The maximum absolute atomic E-state index is 12.7. The molecule has 0 aliphatic carbocycles. The molecule has 25 heavy (non-hydrogen) atoms. The molecule has 1 amide bonds. The summed E-state index contributed by atoms with van der Waals surface area (Å²) in [5.74, 6) is 0.0610. The van der Waals surface area contributed by atoms with E-state index in [4.69, 9.17) is 0 Å². The molecule has 0 saturated carbocycles. The summed E-state index contributed by atoms with van der Waals surface area (Å²) in [7, 11) is 0. The van der Waals surface area contributed by atoms with Crippen LogP contribution in [0.25, 0.3) is 21.9 Å². The minimum Gasteiger partial charge on any atom is -0.337 e. The Labute approximate surface area is 147 Å². The smallest absolute Gasteiger partial charge is 0.272 e. The number of carbonyl (C=O) groups is 1. The number of hydrogen-bond donors (Lipinski definition) is 0. The van der Waals surface area contributed by atoms with Crippen molar-refractivity contribution in [1.29, 1.82) is 0 Å². The van der Waals surface area contributed by atoms with Crippen molar-refractivity contribution in [3.05, 3.63) is 60.2 Å². The highest BCUT2D eigenvalue weighted by atomic mass is 16.2. The standard InChI is InChI=1S/C21H21N3O/c1-15-12-17(18-7-5-6-16-13-22-9-8-19(16)18)14-23-20(15)21(25)24-10-3-2-4-11-24/h5-9,12-14H,2-4,10-11H2,1H3. The van der Waals surface area contributed by atoms with Crippen LogP contribution in [0, 0.1) is 6.92 Å². The summed E-state index contributed by atoms with van der Waals surface area (Å²) in [6.07, 6.45) is 8.89. The Balaban J connectivity index is 1.71. The van der Waals surface area contributed by atoms with Gasteiger partial charge in [-0.3, -0.25) is 14.8 Å². The molecule has 1 fully saturated rings. The van der Waals surface area contributed by atoms with Crippen molar-refractivity contribution in [3.8, 4) is 11.1 Å². The van der Waals surface area contributed by atoms with Crippen molar-refractivity contribution in [3.63, 3.8) is 0 Å². The third-order valence-electron chi connectivity index (χ3n) is 4.92. The van der Waals surface area contributed by atoms with Crippen LogP contribution in [-0.2, 0) is 0 Å². The highest BCUT2D eigenvalue weighted by Crippen LogP contribution is 2.29. The number of likely N-dealkylation sites (tertiary alicyclic amines) is 1. The molecule has 0 N–H and O–H groups in total. The van der Waals surface area contributed by atoms with Crippen LogP contribution < -0.4 is 0 Å². The Morgan fingerprint density at radius 2 is 1.92 bits per heavy atom. The minimum atomic E-state index is 0.0610. The SMILES string of the molecule is Cc1cc(-c2cccc3cnccc23)cnc1C(=O)N1CCCCC1. The molecule has 0 atom stereocenters. The quantitative estimate of drug-likeness (QED) is 0.706. The highest BCUT2D eigenvalue weighted by molar-refractivity contribution is 5.97. The Morgan fingerprint density at radius 3 is 2.72 bits per heavy atom. The molecule has 2 aromatic heterocycles. The second-order valence-corrected chi connectivity index (χ2v) is 6.64. The van der Waals surface area contributed by atoms with Crippen molar-refractivity contribution in [2.45, 2.75) is 26.2 Å². The van der Waals surface area contributed by atoms with Gasteiger partial charge >= 0.3 is 0 Å². The van der Waals surface area contributed by atoms with Gasteiger partial charge in [-0.1, -0.05) is 18.2 Å². The molecule has 0 spiro atoms. The summed E-state index contributed by atoms with van der Waals surface area (Å²) in [5.41, 5.74) is 3.66. The highest BCUT2D eigenvalue weighted by Gasteiger charge is 2.21. The molecule has 0 bridgehead atoms. The number of aromatic nitrogens is 2. The molecule has 4 rings (SSSR count). The van der Waals surface area contributed by atoms with Crippen LogP contribution in [0.5, 0.6) is 0 Å². The molecule has 1 aliphatic rings. The van der Waals surface area contributed by atoms with Crippen molar-refractivity contribution >= 4 is 16.7 Å². The predicted molar refractivity (Wildman–Crippen MR) is 99.5 cm³/mol. The normalized spacial score (nSPS) is 14.7. The van der Waals surface area contributed by atoms with Gasteiger partial charge < -0.3 is 4.90 Å². The molecule has 0 unspecified atom stereocenters. The molecule has 1 aromatic carbocycles. The number of pyridine rings is 2. The number of fused-ring (bicyclic) bond motifs is 1. The third kappa shape index (κ3) is 3.00. The number of carbonyl (C=O) groups excluding carboxylic acids is 1. The maximum atomic E-state index is 12.7. The van der Waals surface area contributed by atoms with Crippen molar-refractivity contribution in [2.75, 3.05) is 13.1 Å². The van der Waals surface area contributed by atoms with E-state index in [0.29, 0.717) is 5.69 Å². The fourth-order valence-corrected chi connectivity index (χ4v) is 3.57. The van der Waals surface area contributed by atoms with Crippen LogP contribution in [0.4, 0.5) is 0 Å². The molecule has 3 aromatic rings. The van der Waals surface area contributed by atoms with E-state index in [9.17, 15) is 4.79 Å². The zero-order chi connectivity index (χ0) is 17.2. The zero-order valence-corrected chi connectivity index (χ0v) is 14.4. The lowest BCUT2D eigenvalue weighted by Gasteiger charge is -2.26. The Morgan fingerprint density at radius 1 is 1.08 bits per heavy atom. The average molecular weight is 331 g/mol. The molecular weight excluding hydrogens is 310 g/mol. The number of benzene rings is 1. The molecule has 0 radical (unpaired) electrons. The van der Waals surface area contributed by atoms with E-state index >= 15 is 0 Å². The van der Waals surface area contributed by atoms with Crippen LogP contribution in [0.15, 0.2) is 48.9 Å². The van der Waals surface area contributed by atoms with E-state index in [2.05, 4.69) is 28.2 Å². The summed E-state index contributed by atoms with van der Waals surface area (Å²) in [4.78, 5) is 23.4. The first kappa shape index (κ1) is 15.8. The van der Waals surface area contributed by atoms with Gasteiger partial charge in [0.15, 0.2) is 0 Å². The summed E-state index contributed by atoms with van der Waals surface area (Å²) < 4.78 is 0. The van der Waals surface area contributed by atoms with E-state index in [1.165, 1.54) is 6.42 Å². The summed E-state index contributed by atoms with van der Waals surface area (Å²) in [5, 5.41) is 2.25. The van der Waals surface area contributed by atoms with Gasteiger partial charge in [0.1, 0.15) is 5.69 Å². The van der Waals surface area contributed by atoms with Crippen molar-refractivity contribution < 1.29 is 4.79 Å². The monoisotopic (exact) mass is 331 g/mol. The van der Waals surface area contributed by atoms with Gasteiger partial charge in [-0.15, -0.1) is 0 Å². The molecule has 1 aliphatic heterocycles. The number of rotatable bonds is 2. The van der Waals surface area contributed by atoms with E-state index in [1.807, 2.05) is 36.4 Å². The first-order valence-electron chi connectivity index (χ1n) is 8.83. The average Bonchev–Trinajstić information content (AvgIpc) is 2.67. The molecular formula is C21H21N3O. The van der Waals surface area contributed by atoms with Gasteiger partial charge in [0.2, 0.25) is 0 Å². The summed E-state index contributed by atoms with van der Waals surface area (Å²) in [6, 6.07) is 10.3. The molecule has 4 heteroatoms. The van der Waals surface area contributed by atoms with E-state index in [-0.39, 0.29) is 5.91 Å². The number of piperidine rings is 1. The van der Waals surface area contributed by atoms with Crippen LogP contribution >= 0.6 is 0 Å². The molecule has 4 nitrogen and oxygen atoms in total. The lowest BCUT2D eigenvalue weighted by molar-refractivity contribution is 0.0717. The second-order valence-electron chi connectivity index (χ2n) is 6.64. The van der Waals surface area contributed by atoms with E-state index in [1.54, 1.807) is 6.20 Å². The minimum absolute atomic E-state index is 0.0610. The van der Waals surface area contributed by atoms with Crippen LogP contribution in [0.3, 0.4) is 0 Å². The molecule has 1 saturated heterocycles. The van der Waals surface area contributed by atoms with Gasteiger partial charge in [0, 0.05) is 42.6 Å². The van der Waals surface area contributed by atoms with Crippen molar-refractivity contribution in [2.24, 2.45) is 0 Å². The van der Waals surface area contributed by atoms with Gasteiger partial charge in [-0.05, 0) is 54.8 Å². The Bertz CT molecular complexity index is 924. The number of amides is 1. The van der Waals surface area contributed by atoms with E-state index in [0.717, 1.165) is 53.4 Å². The first-order valence-corrected chi connectivity index (χ1v) is 8.83. The third-order valence-corrected chi connectivity index (χ3v) is 4.92. The number of aryl methyl sites for hydroxylation is 1. The summed E-state index contributed by atoms with van der Waals surface area (Å²) >= 11 is 0. The van der Waals surface area contributed by atoms with Gasteiger partial charge in [-0.2, -0.15) is 0 Å². The lowest BCUT2D eigenvalue weighted by atomic mass is 9.99. The topological polar surface area (TPSA) is 46.1 Å². The fraction of sp³-hybridized carbons (Fsp3) is 0.286. The number of nitrogens with zero attached hydrogens (tertiary/aromatic N) is 3. The number of hydrogen-bond acceptors (Lipinski definition) is 3. The van der Waals surface area contributed by atoms with Gasteiger partial charge in [-0.25, -0.2) is 0 Å². The molecule has 126 valence electrons. The van der Waals surface area contributed by atoms with Crippen molar-refractivity contribution in [1.82, 2.24) is 14.9 Å². The maximum Gasteiger partial charge on any atom is 0.272 e. The Kier molecular flexibility index (Phi) is 4.18. The van der Waals surface area contributed by atoms with Crippen LogP contribution in [0.1, 0.15) is 35.3 Å². The second kappa shape index (κ2) is 6.63. The van der Waals surface area contributed by atoms with E-state index < -0.39 is 0 Å². The first-order chi connectivity index (χ1) is 12.2. The predicted octanol–water partition coefficient (Wildman–Crippen LogP) is 4.23. The molecule has 3 heterocycles. The van der Waals surface area contributed by atoms with Crippen LogP contribution in [0.2, 0.25) is 0 Å².